The Morgan fingerprint density at radius 3 is 2.71 bits per heavy atom. The summed E-state index contributed by atoms with van der Waals surface area (Å²) in [7, 11) is 3.33. The first-order chi connectivity index (χ1) is 11.2. The third kappa shape index (κ3) is 3.73. The third-order valence-corrected chi connectivity index (χ3v) is 4.88. The molecule has 2 aromatic rings. The number of aliphatic carboxylic acids is 1. The maximum Gasteiger partial charge on any atom is 0.305 e. The highest BCUT2D eigenvalue weighted by molar-refractivity contribution is 7.20. The van der Waals surface area contributed by atoms with E-state index in [1.807, 2.05) is 14.0 Å². The Balaban J connectivity index is 2.03. The zero-order valence-corrected chi connectivity index (χ0v) is 14.8. The summed E-state index contributed by atoms with van der Waals surface area (Å²) in [5.74, 6) is -1.63. The first kappa shape index (κ1) is 17.9. The molecule has 1 unspecified atom stereocenters. The van der Waals surface area contributed by atoms with Gasteiger partial charge < -0.3 is 15.3 Å². The Labute approximate surface area is 143 Å². The van der Waals surface area contributed by atoms with Crippen molar-refractivity contribution in [2.24, 2.45) is 7.05 Å². The van der Waals surface area contributed by atoms with Gasteiger partial charge in [0, 0.05) is 26.0 Å². The lowest BCUT2D eigenvalue weighted by Gasteiger charge is -2.21. The second-order valence-electron chi connectivity index (χ2n) is 5.64. The summed E-state index contributed by atoms with van der Waals surface area (Å²) in [5.41, 5.74) is 0.848. The van der Waals surface area contributed by atoms with Crippen LogP contribution in [0, 0.1) is 6.92 Å². The molecule has 2 N–H and O–H groups in total. The number of hydrogen-bond donors (Lipinski definition) is 2. The highest BCUT2D eigenvalue weighted by Gasteiger charge is 2.22. The van der Waals surface area contributed by atoms with Crippen LogP contribution < -0.4 is 5.32 Å². The van der Waals surface area contributed by atoms with Crippen molar-refractivity contribution in [3.05, 3.63) is 16.6 Å². The van der Waals surface area contributed by atoms with E-state index < -0.39 is 12.0 Å². The molecule has 2 amide bonds. The smallest absolute Gasteiger partial charge is 0.305 e. The highest BCUT2D eigenvalue weighted by atomic mass is 32.1. The van der Waals surface area contributed by atoms with Crippen LogP contribution in [0.15, 0.2) is 6.07 Å². The highest BCUT2D eigenvalue weighted by Crippen LogP contribution is 2.27. The number of amides is 2. The van der Waals surface area contributed by atoms with E-state index in [2.05, 4.69) is 10.4 Å². The molecule has 2 heterocycles. The zero-order valence-electron chi connectivity index (χ0n) is 14.0. The number of nitrogens with one attached hydrogen (secondary N) is 1. The van der Waals surface area contributed by atoms with Crippen molar-refractivity contribution in [2.75, 3.05) is 13.6 Å². The van der Waals surface area contributed by atoms with Crippen molar-refractivity contribution in [1.82, 2.24) is 20.0 Å². The minimum absolute atomic E-state index is 0.0993. The molecule has 0 bridgehead atoms. The molecular formula is C15H20N4O4S. The first-order valence-electron chi connectivity index (χ1n) is 7.41. The molecule has 1 atom stereocenters. The van der Waals surface area contributed by atoms with Gasteiger partial charge in [-0.15, -0.1) is 11.3 Å². The van der Waals surface area contributed by atoms with Gasteiger partial charge in [-0.25, -0.2) is 0 Å². The molecule has 0 saturated carbocycles. The van der Waals surface area contributed by atoms with Crippen molar-refractivity contribution >= 4 is 39.3 Å². The van der Waals surface area contributed by atoms with Gasteiger partial charge in [-0.05, 0) is 19.9 Å². The van der Waals surface area contributed by atoms with Gasteiger partial charge in [0.2, 0.25) is 5.91 Å². The molecule has 0 saturated heterocycles. The molecule has 0 aliphatic rings. The Morgan fingerprint density at radius 2 is 2.12 bits per heavy atom. The fourth-order valence-electron chi connectivity index (χ4n) is 2.35. The number of rotatable bonds is 6. The summed E-state index contributed by atoms with van der Waals surface area (Å²) in [6.07, 6.45) is -0.133. The lowest BCUT2D eigenvalue weighted by atomic mass is 10.2. The summed E-state index contributed by atoms with van der Waals surface area (Å²) < 4.78 is 1.72. The van der Waals surface area contributed by atoms with Crippen LogP contribution in [0.4, 0.5) is 0 Å². The molecule has 9 heteroatoms. The van der Waals surface area contributed by atoms with Crippen LogP contribution in [-0.4, -0.2) is 57.2 Å². The lowest BCUT2D eigenvalue weighted by molar-refractivity contribution is -0.138. The second kappa shape index (κ2) is 7.00. The quantitative estimate of drug-likeness (QED) is 0.807. The Bertz CT molecular complexity index is 760. The Hall–Kier alpha value is -2.42. The van der Waals surface area contributed by atoms with Gasteiger partial charge in [0.05, 0.1) is 17.0 Å². The minimum atomic E-state index is -0.972. The van der Waals surface area contributed by atoms with Gasteiger partial charge in [-0.3, -0.25) is 19.1 Å². The van der Waals surface area contributed by atoms with Crippen LogP contribution in [0.3, 0.4) is 0 Å². The number of aryl methyl sites for hydroxylation is 2. The van der Waals surface area contributed by atoms with E-state index in [-0.39, 0.29) is 24.8 Å². The topological polar surface area (TPSA) is 105 Å². The standard InChI is InChI=1S/C15H20N4O4S/c1-8-10-7-11(24-15(10)19(4)17-8)13(22)16-9(2)14(23)18(3)6-5-12(20)21/h7,9H,5-6H2,1-4H3,(H,16,22)(H,20,21). The van der Waals surface area contributed by atoms with Crippen LogP contribution in [0.5, 0.6) is 0 Å². The molecule has 8 nitrogen and oxygen atoms in total. The number of fused-ring (bicyclic) bond motifs is 1. The van der Waals surface area contributed by atoms with Crippen LogP contribution in [-0.2, 0) is 16.6 Å². The molecule has 0 fully saturated rings. The maximum absolute atomic E-state index is 12.3. The van der Waals surface area contributed by atoms with Crippen LogP contribution in [0.2, 0.25) is 0 Å². The van der Waals surface area contributed by atoms with Gasteiger partial charge in [0.15, 0.2) is 0 Å². The number of nitrogens with zero attached hydrogens (tertiary/aromatic N) is 3. The SMILES string of the molecule is Cc1nn(C)c2sc(C(=O)NC(C)C(=O)N(C)CCC(=O)O)cc12. The molecule has 0 aliphatic heterocycles. The van der Waals surface area contributed by atoms with Gasteiger partial charge in [0.1, 0.15) is 10.9 Å². The van der Waals surface area contributed by atoms with E-state index in [1.165, 1.54) is 23.3 Å². The second-order valence-corrected chi connectivity index (χ2v) is 6.67. The average molecular weight is 352 g/mol. The third-order valence-electron chi connectivity index (χ3n) is 3.68. The molecule has 0 aromatic carbocycles. The van der Waals surface area contributed by atoms with Crippen LogP contribution in [0.25, 0.3) is 10.2 Å². The predicted molar refractivity (Wildman–Crippen MR) is 90.1 cm³/mol. The van der Waals surface area contributed by atoms with Gasteiger partial charge in [0.25, 0.3) is 5.91 Å². The summed E-state index contributed by atoms with van der Waals surface area (Å²) in [6, 6.07) is 1.03. The fourth-order valence-corrected chi connectivity index (χ4v) is 3.38. The van der Waals surface area contributed by atoms with E-state index in [0.717, 1.165) is 15.9 Å². The van der Waals surface area contributed by atoms with Crippen molar-refractivity contribution in [2.45, 2.75) is 26.3 Å². The summed E-state index contributed by atoms with van der Waals surface area (Å²) in [5, 5.41) is 16.5. The van der Waals surface area contributed by atoms with Gasteiger partial charge in [-0.1, -0.05) is 0 Å². The Morgan fingerprint density at radius 1 is 1.46 bits per heavy atom. The molecule has 130 valence electrons. The largest absolute Gasteiger partial charge is 0.481 e. The number of carbonyl (C=O) groups excluding carboxylic acids is 2. The average Bonchev–Trinajstić information content (AvgIpc) is 3.06. The number of thiophene rings is 1. The summed E-state index contributed by atoms with van der Waals surface area (Å²) in [6.45, 7) is 3.56. The number of carboxylic acid groups (broad SMARTS) is 1. The summed E-state index contributed by atoms with van der Waals surface area (Å²) >= 11 is 1.31. The molecule has 0 aliphatic carbocycles. The normalized spacial score (nSPS) is 12.2. The van der Waals surface area contributed by atoms with Crippen molar-refractivity contribution in [3.63, 3.8) is 0 Å². The molecule has 24 heavy (non-hydrogen) atoms. The minimum Gasteiger partial charge on any atom is -0.481 e. The fraction of sp³-hybridized carbons (Fsp3) is 0.467. The number of likely N-dealkylation sites (N-methyl/N-ethyl adjacent to an activating group) is 1. The van der Waals surface area contributed by atoms with E-state index in [0.29, 0.717) is 4.88 Å². The molecule has 2 aromatic heterocycles. The monoisotopic (exact) mass is 352 g/mol. The maximum atomic E-state index is 12.3. The van der Waals surface area contributed by atoms with E-state index >= 15 is 0 Å². The molecule has 2 rings (SSSR count). The predicted octanol–water partition coefficient (Wildman–Crippen LogP) is 0.995. The van der Waals surface area contributed by atoms with Crippen LogP contribution in [0.1, 0.15) is 28.7 Å². The van der Waals surface area contributed by atoms with Gasteiger partial charge >= 0.3 is 5.97 Å². The van der Waals surface area contributed by atoms with Crippen molar-refractivity contribution < 1.29 is 19.5 Å². The number of carboxylic acids is 1. The van der Waals surface area contributed by atoms with Gasteiger partial charge in [-0.2, -0.15) is 5.10 Å². The first-order valence-corrected chi connectivity index (χ1v) is 8.23. The molecule has 0 radical (unpaired) electrons. The van der Waals surface area contributed by atoms with E-state index in [9.17, 15) is 14.4 Å². The van der Waals surface area contributed by atoms with Crippen molar-refractivity contribution in [3.8, 4) is 0 Å². The van der Waals surface area contributed by atoms with Crippen LogP contribution >= 0.6 is 11.3 Å². The number of aromatic nitrogens is 2. The number of hydrogen-bond acceptors (Lipinski definition) is 5. The van der Waals surface area contributed by atoms with E-state index in [4.69, 9.17) is 5.11 Å². The summed E-state index contributed by atoms with van der Waals surface area (Å²) in [4.78, 5) is 37.8. The Kier molecular flexibility index (Phi) is 5.23. The molecular weight excluding hydrogens is 332 g/mol. The number of carbonyl (C=O) groups is 3. The van der Waals surface area contributed by atoms with Crippen molar-refractivity contribution in [1.29, 1.82) is 0 Å². The zero-order chi connectivity index (χ0) is 18.0. The van der Waals surface area contributed by atoms with E-state index in [1.54, 1.807) is 17.7 Å². The molecule has 0 spiro atoms. The lowest BCUT2D eigenvalue weighted by Crippen LogP contribution is -2.45.